The molecule has 0 aliphatic carbocycles. The van der Waals surface area contributed by atoms with Crippen molar-refractivity contribution in [2.75, 3.05) is 0 Å². The Labute approximate surface area is 116 Å². The molecule has 2 aromatic carbocycles. The molecular weight excluding hydrogens is 252 g/mol. The number of rotatable bonds is 2. The maximum absolute atomic E-state index is 12.0. The monoisotopic (exact) mass is 266 g/mol. The van der Waals surface area contributed by atoms with Crippen molar-refractivity contribution in [1.29, 1.82) is 0 Å². The van der Waals surface area contributed by atoms with Crippen molar-refractivity contribution >= 4 is 11.0 Å². The van der Waals surface area contributed by atoms with Crippen LogP contribution in [0, 0.1) is 6.92 Å². The van der Waals surface area contributed by atoms with Gasteiger partial charge in [-0.25, -0.2) is 4.79 Å². The van der Waals surface area contributed by atoms with Crippen LogP contribution < -0.4 is 5.63 Å². The Morgan fingerprint density at radius 1 is 1.10 bits per heavy atom. The van der Waals surface area contributed by atoms with E-state index >= 15 is 0 Å². The van der Waals surface area contributed by atoms with Crippen molar-refractivity contribution in [3.8, 4) is 5.75 Å². The molecule has 0 unspecified atom stereocenters. The van der Waals surface area contributed by atoms with Gasteiger partial charge in [-0.2, -0.15) is 0 Å². The van der Waals surface area contributed by atoms with Crippen LogP contribution >= 0.6 is 0 Å². The molecule has 0 spiro atoms. The van der Waals surface area contributed by atoms with Crippen LogP contribution in [0.25, 0.3) is 11.0 Å². The summed E-state index contributed by atoms with van der Waals surface area (Å²) in [7, 11) is 0. The first-order valence-corrected chi connectivity index (χ1v) is 6.44. The van der Waals surface area contributed by atoms with Crippen LogP contribution in [0.5, 0.6) is 5.75 Å². The summed E-state index contributed by atoms with van der Waals surface area (Å²) in [6.45, 7) is 1.99. The van der Waals surface area contributed by atoms with Crippen LogP contribution in [-0.2, 0) is 6.42 Å². The zero-order chi connectivity index (χ0) is 14.1. The lowest BCUT2D eigenvalue weighted by molar-refractivity contribution is 0.458. The van der Waals surface area contributed by atoms with Crippen LogP contribution in [-0.4, -0.2) is 5.11 Å². The second kappa shape index (κ2) is 4.85. The molecule has 0 amide bonds. The average Bonchev–Trinajstić information content (AvgIpc) is 2.43. The van der Waals surface area contributed by atoms with Crippen LogP contribution in [0.4, 0.5) is 0 Å². The van der Waals surface area contributed by atoms with E-state index in [4.69, 9.17) is 4.42 Å². The second-order valence-corrected chi connectivity index (χ2v) is 4.88. The smallest absolute Gasteiger partial charge is 0.343 e. The Morgan fingerprint density at radius 3 is 2.70 bits per heavy atom. The molecular formula is C17H14O3. The fourth-order valence-electron chi connectivity index (χ4n) is 2.35. The third-order valence-electron chi connectivity index (χ3n) is 3.34. The summed E-state index contributed by atoms with van der Waals surface area (Å²) >= 11 is 0. The minimum Gasteiger partial charge on any atom is -0.507 e. The van der Waals surface area contributed by atoms with Crippen LogP contribution in [0.1, 0.15) is 16.7 Å². The minimum atomic E-state index is -0.484. The normalized spacial score (nSPS) is 10.8. The molecule has 1 N–H and O–H groups in total. The van der Waals surface area contributed by atoms with Crippen molar-refractivity contribution in [2.45, 2.75) is 13.3 Å². The quantitative estimate of drug-likeness (QED) is 0.723. The van der Waals surface area contributed by atoms with E-state index in [9.17, 15) is 9.90 Å². The molecule has 1 heterocycles. The Balaban J connectivity index is 2.14. The summed E-state index contributed by atoms with van der Waals surface area (Å²) in [6.07, 6.45) is 0.362. The second-order valence-electron chi connectivity index (χ2n) is 4.88. The summed E-state index contributed by atoms with van der Waals surface area (Å²) in [5.74, 6) is 0.0124. The van der Waals surface area contributed by atoms with E-state index in [0.717, 1.165) is 11.1 Å². The number of hydrogen-bond acceptors (Lipinski definition) is 3. The Bertz CT molecular complexity index is 831. The molecule has 100 valence electrons. The predicted octanol–water partition coefficient (Wildman–Crippen LogP) is 3.40. The van der Waals surface area contributed by atoms with Gasteiger partial charge in [-0.15, -0.1) is 0 Å². The predicted molar refractivity (Wildman–Crippen MR) is 78.1 cm³/mol. The average molecular weight is 266 g/mol. The third kappa shape index (κ3) is 2.18. The minimum absolute atomic E-state index is 0.0124. The van der Waals surface area contributed by atoms with Crippen LogP contribution in [0.3, 0.4) is 0 Å². The molecule has 20 heavy (non-hydrogen) atoms. The van der Waals surface area contributed by atoms with E-state index in [1.165, 1.54) is 0 Å². The number of benzene rings is 2. The van der Waals surface area contributed by atoms with E-state index in [0.29, 0.717) is 23.0 Å². The summed E-state index contributed by atoms with van der Waals surface area (Å²) in [4.78, 5) is 12.0. The summed E-state index contributed by atoms with van der Waals surface area (Å²) in [6, 6.07) is 14.8. The lowest BCUT2D eigenvalue weighted by Crippen LogP contribution is -2.08. The Hall–Kier alpha value is -2.55. The van der Waals surface area contributed by atoms with Gasteiger partial charge in [0.05, 0.1) is 10.9 Å². The van der Waals surface area contributed by atoms with Crippen molar-refractivity contribution in [3.05, 3.63) is 75.6 Å². The molecule has 3 aromatic rings. The highest BCUT2D eigenvalue weighted by atomic mass is 16.4. The first kappa shape index (κ1) is 12.5. The molecule has 0 aliphatic rings. The van der Waals surface area contributed by atoms with Gasteiger partial charge in [0.1, 0.15) is 11.3 Å². The molecule has 0 saturated heterocycles. The number of para-hydroxylation sites is 1. The molecule has 0 aliphatic heterocycles. The van der Waals surface area contributed by atoms with Crippen LogP contribution in [0.2, 0.25) is 0 Å². The standard InChI is InChI=1S/C17H14O3/c1-11-5-4-6-12(9-11)10-14-16(18)13-7-2-3-8-15(13)20-17(14)19/h2-9,18H,10H2,1H3. The third-order valence-corrected chi connectivity index (χ3v) is 3.34. The molecule has 0 bridgehead atoms. The number of aryl methyl sites for hydroxylation is 1. The molecule has 0 atom stereocenters. The van der Waals surface area contributed by atoms with Crippen molar-refractivity contribution in [1.82, 2.24) is 0 Å². The molecule has 0 fully saturated rings. The highest BCUT2D eigenvalue weighted by Crippen LogP contribution is 2.27. The fraction of sp³-hybridized carbons (Fsp3) is 0.118. The number of hydrogen-bond donors (Lipinski definition) is 1. The summed E-state index contributed by atoms with van der Waals surface area (Å²) in [5.41, 5.74) is 2.31. The summed E-state index contributed by atoms with van der Waals surface area (Å²) in [5, 5.41) is 10.9. The first-order chi connectivity index (χ1) is 9.65. The van der Waals surface area contributed by atoms with Crippen molar-refractivity contribution < 1.29 is 9.52 Å². The zero-order valence-corrected chi connectivity index (χ0v) is 11.1. The summed E-state index contributed by atoms with van der Waals surface area (Å²) < 4.78 is 5.26. The zero-order valence-electron chi connectivity index (χ0n) is 11.1. The van der Waals surface area contributed by atoms with E-state index in [-0.39, 0.29) is 5.75 Å². The first-order valence-electron chi connectivity index (χ1n) is 6.44. The largest absolute Gasteiger partial charge is 0.507 e. The highest BCUT2D eigenvalue weighted by Gasteiger charge is 2.13. The molecule has 0 saturated carbocycles. The lowest BCUT2D eigenvalue weighted by atomic mass is 10.0. The van der Waals surface area contributed by atoms with Crippen molar-refractivity contribution in [2.24, 2.45) is 0 Å². The number of fused-ring (bicyclic) bond motifs is 1. The maximum atomic E-state index is 12.0. The van der Waals surface area contributed by atoms with Gasteiger partial charge >= 0.3 is 5.63 Å². The van der Waals surface area contributed by atoms with Gasteiger partial charge in [0.15, 0.2) is 0 Å². The lowest BCUT2D eigenvalue weighted by Gasteiger charge is -2.07. The Morgan fingerprint density at radius 2 is 1.90 bits per heavy atom. The Kier molecular flexibility index (Phi) is 3.03. The van der Waals surface area contributed by atoms with Gasteiger partial charge in [0.2, 0.25) is 0 Å². The van der Waals surface area contributed by atoms with Crippen LogP contribution in [0.15, 0.2) is 57.7 Å². The molecule has 3 rings (SSSR count). The van der Waals surface area contributed by atoms with Gasteiger partial charge in [-0.3, -0.25) is 0 Å². The van der Waals surface area contributed by atoms with Crippen molar-refractivity contribution in [3.63, 3.8) is 0 Å². The molecule has 1 aromatic heterocycles. The van der Waals surface area contributed by atoms with E-state index < -0.39 is 5.63 Å². The van der Waals surface area contributed by atoms with Gasteiger partial charge < -0.3 is 9.52 Å². The molecule has 0 radical (unpaired) electrons. The maximum Gasteiger partial charge on any atom is 0.343 e. The van der Waals surface area contributed by atoms with Gasteiger partial charge in [-0.05, 0) is 24.6 Å². The number of aromatic hydroxyl groups is 1. The van der Waals surface area contributed by atoms with Gasteiger partial charge in [-0.1, -0.05) is 42.0 Å². The fourth-order valence-corrected chi connectivity index (χ4v) is 2.35. The van der Waals surface area contributed by atoms with Gasteiger partial charge in [0.25, 0.3) is 0 Å². The van der Waals surface area contributed by atoms with Gasteiger partial charge in [0, 0.05) is 6.42 Å². The topological polar surface area (TPSA) is 50.4 Å². The van der Waals surface area contributed by atoms with E-state index in [2.05, 4.69) is 0 Å². The molecule has 3 heteroatoms. The van der Waals surface area contributed by atoms with E-state index in [1.54, 1.807) is 24.3 Å². The van der Waals surface area contributed by atoms with E-state index in [1.807, 2.05) is 31.2 Å². The molecule has 3 nitrogen and oxygen atoms in total. The highest BCUT2D eigenvalue weighted by molar-refractivity contribution is 5.84. The SMILES string of the molecule is Cc1cccc(Cc2c(O)c3ccccc3oc2=O)c1.